The molecular formula is C15H17Br2N3O. The van der Waals surface area contributed by atoms with Crippen LogP contribution < -0.4 is 10.1 Å². The van der Waals surface area contributed by atoms with Crippen LogP contribution in [0.3, 0.4) is 0 Å². The zero-order valence-electron chi connectivity index (χ0n) is 11.9. The number of halogens is 2. The highest BCUT2D eigenvalue weighted by Crippen LogP contribution is 2.33. The molecule has 0 amide bonds. The molecule has 1 aromatic carbocycles. The lowest BCUT2D eigenvalue weighted by atomic mass is 10.0. The van der Waals surface area contributed by atoms with E-state index in [0.717, 1.165) is 33.2 Å². The molecule has 0 radical (unpaired) electrons. The van der Waals surface area contributed by atoms with Gasteiger partial charge in [0.25, 0.3) is 0 Å². The van der Waals surface area contributed by atoms with Crippen LogP contribution in [0.5, 0.6) is 5.88 Å². The van der Waals surface area contributed by atoms with Crippen molar-refractivity contribution >= 4 is 31.9 Å². The number of nitrogens with one attached hydrogen (secondary N) is 1. The largest absolute Gasteiger partial charge is 0.480 e. The van der Waals surface area contributed by atoms with E-state index < -0.39 is 0 Å². The average molecular weight is 415 g/mol. The number of rotatable bonds is 6. The third-order valence-corrected chi connectivity index (χ3v) is 4.24. The first kappa shape index (κ1) is 16.4. The van der Waals surface area contributed by atoms with Gasteiger partial charge in [0.05, 0.1) is 13.2 Å². The molecule has 4 nitrogen and oxygen atoms in total. The monoisotopic (exact) mass is 413 g/mol. The van der Waals surface area contributed by atoms with Crippen LogP contribution in [0, 0.1) is 0 Å². The molecule has 0 bridgehead atoms. The van der Waals surface area contributed by atoms with Crippen LogP contribution in [-0.4, -0.2) is 23.6 Å². The van der Waals surface area contributed by atoms with Crippen molar-refractivity contribution in [3.8, 4) is 5.88 Å². The van der Waals surface area contributed by atoms with E-state index in [9.17, 15) is 0 Å². The molecule has 112 valence electrons. The summed E-state index contributed by atoms with van der Waals surface area (Å²) in [5, 5.41) is 3.51. The lowest BCUT2D eigenvalue weighted by molar-refractivity contribution is 0.382. The molecular weight excluding hydrogens is 398 g/mol. The fourth-order valence-corrected chi connectivity index (χ4v) is 2.92. The smallest absolute Gasteiger partial charge is 0.237 e. The van der Waals surface area contributed by atoms with Gasteiger partial charge < -0.3 is 10.1 Å². The first-order chi connectivity index (χ1) is 10.2. The van der Waals surface area contributed by atoms with Gasteiger partial charge in [-0.15, -0.1) is 0 Å². The van der Waals surface area contributed by atoms with E-state index in [0.29, 0.717) is 5.88 Å². The van der Waals surface area contributed by atoms with Crippen LogP contribution in [0.4, 0.5) is 0 Å². The molecule has 2 aromatic rings. The maximum Gasteiger partial charge on any atom is 0.237 e. The van der Waals surface area contributed by atoms with Gasteiger partial charge in [-0.3, -0.25) is 4.98 Å². The Kier molecular flexibility index (Phi) is 6.14. The number of hydrogen-bond acceptors (Lipinski definition) is 4. The van der Waals surface area contributed by atoms with E-state index in [1.807, 2.05) is 12.1 Å². The molecule has 1 heterocycles. The van der Waals surface area contributed by atoms with Gasteiger partial charge in [-0.1, -0.05) is 38.8 Å². The van der Waals surface area contributed by atoms with Crippen LogP contribution >= 0.6 is 31.9 Å². The zero-order chi connectivity index (χ0) is 15.2. The fourth-order valence-electron chi connectivity index (χ4n) is 2.07. The first-order valence-corrected chi connectivity index (χ1v) is 8.29. The molecule has 1 unspecified atom stereocenters. The highest BCUT2D eigenvalue weighted by Gasteiger charge is 2.22. The predicted octanol–water partition coefficient (Wildman–Crippen LogP) is 4.10. The molecule has 1 aromatic heterocycles. The maximum absolute atomic E-state index is 5.36. The summed E-state index contributed by atoms with van der Waals surface area (Å²) in [5.74, 6) is 0.540. The van der Waals surface area contributed by atoms with E-state index in [4.69, 9.17) is 4.74 Å². The normalized spacial score (nSPS) is 12.2. The lowest BCUT2D eigenvalue weighted by Gasteiger charge is -2.21. The van der Waals surface area contributed by atoms with E-state index in [1.54, 1.807) is 19.5 Å². The minimum absolute atomic E-state index is 0.0829. The number of hydrogen-bond donors (Lipinski definition) is 1. The van der Waals surface area contributed by atoms with Crippen molar-refractivity contribution in [3.63, 3.8) is 0 Å². The van der Waals surface area contributed by atoms with Crippen molar-refractivity contribution in [2.24, 2.45) is 0 Å². The minimum Gasteiger partial charge on any atom is -0.480 e. The molecule has 21 heavy (non-hydrogen) atoms. The quantitative estimate of drug-likeness (QED) is 0.772. The number of nitrogens with zero attached hydrogens (tertiary/aromatic N) is 2. The third-order valence-electron chi connectivity index (χ3n) is 3.03. The Morgan fingerprint density at radius 2 is 2.00 bits per heavy atom. The van der Waals surface area contributed by atoms with Gasteiger partial charge in [0.1, 0.15) is 5.69 Å². The Labute approximate surface area is 141 Å². The van der Waals surface area contributed by atoms with E-state index in [2.05, 4.69) is 60.1 Å². The van der Waals surface area contributed by atoms with Crippen LogP contribution in [0.15, 0.2) is 39.5 Å². The van der Waals surface area contributed by atoms with Crippen LogP contribution in [-0.2, 0) is 0 Å². The zero-order valence-corrected chi connectivity index (χ0v) is 15.1. The number of benzene rings is 1. The lowest BCUT2D eigenvalue weighted by Crippen LogP contribution is -2.25. The second-order valence-corrected chi connectivity index (χ2v) is 6.27. The number of aromatic nitrogens is 2. The summed E-state index contributed by atoms with van der Waals surface area (Å²) in [6, 6.07) is 6.01. The molecule has 0 saturated heterocycles. The molecule has 1 N–H and O–H groups in total. The summed E-state index contributed by atoms with van der Waals surface area (Å²) in [5.41, 5.74) is 1.88. The molecule has 0 fully saturated rings. The highest BCUT2D eigenvalue weighted by atomic mass is 79.9. The van der Waals surface area contributed by atoms with E-state index >= 15 is 0 Å². The molecule has 1 atom stereocenters. The van der Waals surface area contributed by atoms with Gasteiger partial charge in [-0.05, 0) is 36.7 Å². The van der Waals surface area contributed by atoms with Gasteiger partial charge in [0.15, 0.2) is 0 Å². The molecule has 0 aliphatic carbocycles. The summed E-state index contributed by atoms with van der Waals surface area (Å²) in [6.45, 7) is 3.01. The maximum atomic E-state index is 5.36. The van der Waals surface area contributed by atoms with Crippen molar-refractivity contribution in [2.45, 2.75) is 19.4 Å². The van der Waals surface area contributed by atoms with Crippen molar-refractivity contribution in [2.75, 3.05) is 13.7 Å². The van der Waals surface area contributed by atoms with Gasteiger partial charge in [-0.2, -0.15) is 0 Å². The average Bonchev–Trinajstić information content (AvgIpc) is 2.51. The third kappa shape index (κ3) is 4.02. The molecule has 0 aliphatic heterocycles. The van der Waals surface area contributed by atoms with Crippen LogP contribution in [0.1, 0.15) is 30.6 Å². The van der Waals surface area contributed by atoms with Crippen molar-refractivity contribution < 1.29 is 4.74 Å². The Morgan fingerprint density at radius 3 is 2.71 bits per heavy atom. The summed E-state index contributed by atoms with van der Waals surface area (Å²) in [4.78, 5) is 8.72. The van der Waals surface area contributed by atoms with E-state index in [-0.39, 0.29) is 6.04 Å². The molecule has 0 aliphatic rings. The predicted molar refractivity (Wildman–Crippen MR) is 90.6 cm³/mol. The van der Waals surface area contributed by atoms with Gasteiger partial charge >= 0.3 is 0 Å². The van der Waals surface area contributed by atoms with Crippen LogP contribution in [0.25, 0.3) is 0 Å². The second-order valence-electron chi connectivity index (χ2n) is 4.50. The van der Waals surface area contributed by atoms with Gasteiger partial charge in [0, 0.05) is 21.3 Å². The summed E-state index contributed by atoms with van der Waals surface area (Å²) in [7, 11) is 1.61. The standard InChI is InChI=1S/C15H17Br2N3O/c1-3-6-18-13(11-9-10(16)4-5-12(11)17)14-15(21-2)20-8-7-19-14/h4-5,7-9,13,18H,3,6H2,1-2H3. The van der Waals surface area contributed by atoms with Gasteiger partial charge in [0.2, 0.25) is 5.88 Å². The highest BCUT2D eigenvalue weighted by molar-refractivity contribution is 9.11. The van der Waals surface area contributed by atoms with E-state index in [1.165, 1.54) is 0 Å². The minimum atomic E-state index is -0.0829. The Morgan fingerprint density at radius 1 is 1.24 bits per heavy atom. The Bertz CT molecular complexity index is 607. The van der Waals surface area contributed by atoms with Crippen molar-refractivity contribution in [1.29, 1.82) is 0 Å². The molecule has 0 spiro atoms. The molecule has 0 saturated carbocycles. The Balaban J connectivity index is 2.49. The number of ether oxygens (including phenoxy) is 1. The van der Waals surface area contributed by atoms with Crippen molar-refractivity contribution in [3.05, 3.63) is 50.8 Å². The fraction of sp³-hybridized carbons (Fsp3) is 0.333. The van der Waals surface area contributed by atoms with Crippen LogP contribution in [0.2, 0.25) is 0 Å². The second kappa shape index (κ2) is 7.87. The summed E-state index contributed by atoms with van der Waals surface area (Å²) in [6.07, 6.45) is 4.35. The summed E-state index contributed by atoms with van der Waals surface area (Å²) >= 11 is 7.14. The van der Waals surface area contributed by atoms with Gasteiger partial charge in [-0.25, -0.2) is 4.98 Å². The number of methoxy groups -OCH3 is 1. The molecule has 6 heteroatoms. The summed E-state index contributed by atoms with van der Waals surface area (Å²) < 4.78 is 7.40. The topological polar surface area (TPSA) is 47.0 Å². The SMILES string of the molecule is CCCNC(c1cc(Br)ccc1Br)c1nccnc1OC. The molecule has 2 rings (SSSR count). The van der Waals surface area contributed by atoms with Crippen molar-refractivity contribution in [1.82, 2.24) is 15.3 Å². The first-order valence-electron chi connectivity index (χ1n) is 6.70. The Hall–Kier alpha value is -0.980.